The second-order valence-electron chi connectivity index (χ2n) is 8.82. The van der Waals surface area contributed by atoms with Crippen molar-refractivity contribution < 1.29 is 9.53 Å². The maximum atomic E-state index is 12.2. The van der Waals surface area contributed by atoms with Crippen molar-refractivity contribution in [2.75, 3.05) is 32.1 Å². The van der Waals surface area contributed by atoms with Gasteiger partial charge in [0.15, 0.2) is 5.96 Å². The number of benzene rings is 1. The molecule has 31 heavy (non-hydrogen) atoms. The van der Waals surface area contributed by atoms with Crippen LogP contribution in [0.25, 0.3) is 0 Å². The number of amides is 1. The fraction of sp³-hybridized carbons (Fsp3) is 0.667. The van der Waals surface area contributed by atoms with Gasteiger partial charge >= 0.3 is 0 Å². The summed E-state index contributed by atoms with van der Waals surface area (Å²) in [5.74, 6) is 1.19. The van der Waals surface area contributed by atoms with Gasteiger partial charge in [-0.15, -0.1) is 24.0 Å². The van der Waals surface area contributed by atoms with E-state index in [4.69, 9.17) is 9.73 Å². The first-order chi connectivity index (χ1) is 14.6. The van der Waals surface area contributed by atoms with Crippen molar-refractivity contribution in [2.45, 2.75) is 64.8 Å². The molecule has 2 saturated carbocycles. The Balaban J connectivity index is 0.00000341. The lowest BCUT2D eigenvalue weighted by Crippen LogP contribution is -2.43. The molecule has 1 aromatic carbocycles. The van der Waals surface area contributed by atoms with Crippen molar-refractivity contribution >= 4 is 41.5 Å². The molecule has 1 amide bonds. The van der Waals surface area contributed by atoms with E-state index in [-0.39, 0.29) is 35.8 Å². The van der Waals surface area contributed by atoms with Gasteiger partial charge in [0.2, 0.25) is 5.91 Å². The average molecular weight is 543 g/mol. The smallest absolute Gasteiger partial charge is 0.227 e. The van der Waals surface area contributed by atoms with Crippen LogP contribution in [0.5, 0.6) is 0 Å². The van der Waals surface area contributed by atoms with Crippen LogP contribution in [0.2, 0.25) is 0 Å². The van der Waals surface area contributed by atoms with Gasteiger partial charge in [0.25, 0.3) is 0 Å². The Morgan fingerprint density at radius 3 is 2.61 bits per heavy atom. The van der Waals surface area contributed by atoms with Gasteiger partial charge in [-0.2, -0.15) is 0 Å². The first kappa shape index (κ1) is 25.9. The molecule has 6 nitrogen and oxygen atoms in total. The van der Waals surface area contributed by atoms with E-state index in [0.29, 0.717) is 12.0 Å². The summed E-state index contributed by atoms with van der Waals surface area (Å²) in [7, 11) is 1.78. The molecule has 0 aromatic heterocycles. The molecular formula is C24H39IN4O2. The first-order valence-corrected chi connectivity index (χ1v) is 11.5. The van der Waals surface area contributed by atoms with Crippen LogP contribution in [0.4, 0.5) is 5.69 Å². The predicted molar refractivity (Wildman–Crippen MR) is 138 cm³/mol. The van der Waals surface area contributed by atoms with Crippen molar-refractivity contribution in [2.24, 2.45) is 16.3 Å². The van der Waals surface area contributed by atoms with Crippen LogP contribution in [-0.4, -0.2) is 38.7 Å². The molecule has 0 spiro atoms. The molecule has 0 atom stereocenters. The van der Waals surface area contributed by atoms with Gasteiger partial charge < -0.3 is 20.7 Å². The first-order valence-electron chi connectivity index (χ1n) is 11.5. The standard InChI is InChI=1S/C24H38N4O2.HI/c1-3-25-23(27-18-24(14-15-30-2)12-4-5-13-24)26-17-19-8-6-11-21(16-19)28-22(29)20-9-7-10-20;/h6,8,11,16,20H,3-5,7,9-10,12-15,17-18H2,1-2H3,(H,28,29)(H2,25,26,27);1H. The zero-order valence-corrected chi connectivity index (χ0v) is 21.4. The molecule has 2 fully saturated rings. The largest absolute Gasteiger partial charge is 0.385 e. The molecule has 0 radical (unpaired) electrons. The van der Waals surface area contributed by atoms with Gasteiger partial charge in [0, 0.05) is 38.4 Å². The van der Waals surface area contributed by atoms with Crippen molar-refractivity contribution in [3.63, 3.8) is 0 Å². The Bertz CT molecular complexity index is 715. The molecule has 7 heteroatoms. The predicted octanol–water partition coefficient (Wildman–Crippen LogP) is 4.70. The van der Waals surface area contributed by atoms with Crippen LogP contribution in [0, 0.1) is 11.3 Å². The maximum Gasteiger partial charge on any atom is 0.227 e. The van der Waals surface area contributed by atoms with Gasteiger partial charge in [-0.05, 0) is 62.1 Å². The third-order valence-corrected chi connectivity index (χ3v) is 6.57. The lowest BCUT2D eigenvalue weighted by atomic mass is 9.83. The summed E-state index contributed by atoms with van der Waals surface area (Å²) in [5, 5.41) is 9.99. The molecule has 2 aliphatic carbocycles. The number of anilines is 1. The molecule has 3 N–H and O–H groups in total. The Morgan fingerprint density at radius 2 is 1.97 bits per heavy atom. The van der Waals surface area contributed by atoms with Crippen LogP contribution in [-0.2, 0) is 16.1 Å². The van der Waals surface area contributed by atoms with Crippen LogP contribution in [0.1, 0.15) is 63.9 Å². The number of nitrogens with one attached hydrogen (secondary N) is 3. The number of carbonyl (C=O) groups is 1. The summed E-state index contributed by atoms with van der Waals surface area (Å²) in [6.45, 7) is 5.24. The molecule has 3 rings (SSSR count). The van der Waals surface area contributed by atoms with Gasteiger partial charge in [-0.25, -0.2) is 4.99 Å². The fourth-order valence-electron chi connectivity index (χ4n) is 4.40. The van der Waals surface area contributed by atoms with Crippen molar-refractivity contribution in [1.82, 2.24) is 10.6 Å². The summed E-state index contributed by atoms with van der Waals surface area (Å²) in [4.78, 5) is 17.0. The number of hydrogen-bond acceptors (Lipinski definition) is 3. The van der Waals surface area contributed by atoms with Gasteiger partial charge in [-0.3, -0.25) is 4.79 Å². The summed E-state index contributed by atoms with van der Waals surface area (Å²) >= 11 is 0. The van der Waals surface area contributed by atoms with Gasteiger partial charge in [0.1, 0.15) is 0 Å². The van der Waals surface area contributed by atoms with Crippen LogP contribution in [0.15, 0.2) is 29.3 Å². The Labute approximate surface area is 204 Å². The third kappa shape index (κ3) is 7.93. The molecular weight excluding hydrogens is 503 g/mol. The molecule has 0 aliphatic heterocycles. The maximum absolute atomic E-state index is 12.2. The minimum absolute atomic E-state index is 0. The van der Waals surface area contributed by atoms with Crippen molar-refractivity contribution in [3.8, 4) is 0 Å². The minimum atomic E-state index is 0. The molecule has 0 heterocycles. The number of rotatable bonds is 10. The van der Waals surface area contributed by atoms with E-state index >= 15 is 0 Å². The highest BCUT2D eigenvalue weighted by Gasteiger charge is 2.33. The van der Waals surface area contributed by atoms with Crippen molar-refractivity contribution in [1.29, 1.82) is 0 Å². The molecule has 0 bridgehead atoms. The number of guanidine groups is 1. The monoisotopic (exact) mass is 542 g/mol. The highest BCUT2D eigenvalue weighted by Crippen LogP contribution is 2.40. The molecule has 0 unspecified atom stereocenters. The second-order valence-corrected chi connectivity index (χ2v) is 8.82. The number of aliphatic imine (C=N–C) groups is 1. The van der Waals surface area contributed by atoms with E-state index < -0.39 is 0 Å². The summed E-state index contributed by atoms with van der Waals surface area (Å²) in [6, 6.07) is 8.02. The quantitative estimate of drug-likeness (QED) is 0.228. The molecule has 2 aliphatic rings. The zero-order valence-electron chi connectivity index (χ0n) is 19.0. The Kier molecular flexibility index (Phi) is 11.1. The van der Waals surface area contributed by atoms with Crippen molar-refractivity contribution in [3.05, 3.63) is 29.8 Å². The number of carbonyl (C=O) groups excluding carboxylic acids is 1. The topological polar surface area (TPSA) is 74.8 Å². The van der Waals surface area contributed by atoms with Gasteiger partial charge in [0.05, 0.1) is 6.54 Å². The van der Waals surface area contributed by atoms with E-state index in [1.54, 1.807) is 7.11 Å². The minimum Gasteiger partial charge on any atom is -0.385 e. The Hall–Kier alpha value is -1.35. The van der Waals surface area contributed by atoms with E-state index in [9.17, 15) is 4.79 Å². The number of methoxy groups -OCH3 is 1. The molecule has 174 valence electrons. The van der Waals surface area contributed by atoms with Crippen LogP contribution < -0.4 is 16.0 Å². The highest BCUT2D eigenvalue weighted by atomic mass is 127. The second kappa shape index (κ2) is 13.3. The third-order valence-electron chi connectivity index (χ3n) is 6.57. The number of ether oxygens (including phenoxy) is 1. The SMILES string of the molecule is CCNC(=NCc1cccc(NC(=O)C2CCC2)c1)NCC1(CCOC)CCCC1.I. The normalized spacial score (nSPS) is 18.1. The Morgan fingerprint density at radius 1 is 1.19 bits per heavy atom. The molecule has 0 saturated heterocycles. The lowest BCUT2D eigenvalue weighted by molar-refractivity contribution is -0.122. The van der Waals surface area contributed by atoms with E-state index in [2.05, 4.69) is 28.9 Å². The molecule has 1 aromatic rings. The zero-order chi connectivity index (χ0) is 21.2. The average Bonchev–Trinajstić information content (AvgIpc) is 3.16. The summed E-state index contributed by atoms with van der Waals surface area (Å²) in [6.07, 6.45) is 9.41. The van der Waals surface area contributed by atoms with Crippen LogP contribution in [0.3, 0.4) is 0 Å². The summed E-state index contributed by atoms with van der Waals surface area (Å²) < 4.78 is 5.35. The van der Waals surface area contributed by atoms with E-state index in [0.717, 1.165) is 56.2 Å². The van der Waals surface area contributed by atoms with E-state index in [1.807, 2.05) is 18.2 Å². The number of nitrogens with zero attached hydrogens (tertiary/aromatic N) is 1. The van der Waals surface area contributed by atoms with E-state index in [1.165, 1.54) is 32.1 Å². The van der Waals surface area contributed by atoms with Crippen LogP contribution >= 0.6 is 24.0 Å². The number of hydrogen-bond donors (Lipinski definition) is 3. The highest BCUT2D eigenvalue weighted by molar-refractivity contribution is 14.0. The van der Waals surface area contributed by atoms with Gasteiger partial charge in [-0.1, -0.05) is 31.4 Å². The lowest BCUT2D eigenvalue weighted by Gasteiger charge is -2.30. The number of halogens is 1. The fourth-order valence-corrected chi connectivity index (χ4v) is 4.40. The summed E-state index contributed by atoms with van der Waals surface area (Å²) in [5.41, 5.74) is 2.27.